The molecule has 6 nitrogen and oxygen atoms in total. The fourth-order valence-corrected chi connectivity index (χ4v) is 4.20. The molecule has 1 unspecified atom stereocenters. The lowest BCUT2D eigenvalue weighted by Gasteiger charge is -2.23. The highest BCUT2D eigenvalue weighted by atomic mass is 32.2. The van der Waals surface area contributed by atoms with E-state index >= 15 is 0 Å². The zero-order valence-electron chi connectivity index (χ0n) is 11.8. The van der Waals surface area contributed by atoms with Crippen molar-refractivity contribution in [1.82, 2.24) is 9.62 Å². The van der Waals surface area contributed by atoms with Gasteiger partial charge in [-0.1, -0.05) is 13.8 Å². The lowest BCUT2D eigenvalue weighted by molar-refractivity contribution is 0.0697. The first-order valence-corrected chi connectivity index (χ1v) is 8.73. The van der Waals surface area contributed by atoms with Gasteiger partial charge >= 0.3 is 5.97 Å². The minimum Gasteiger partial charge on any atom is -0.478 e. The number of hydrogen-bond acceptors (Lipinski definition) is 5. The van der Waals surface area contributed by atoms with Gasteiger partial charge in [0.15, 0.2) is 0 Å². The van der Waals surface area contributed by atoms with Gasteiger partial charge in [0.25, 0.3) is 0 Å². The van der Waals surface area contributed by atoms with Gasteiger partial charge in [-0.15, -0.1) is 11.3 Å². The topological polar surface area (TPSA) is 86.7 Å². The number of carboxylic acid groups (broad SMARTS) is 1. The van der Waals surface area contributed by atoms with Crippen molar-refractivity contribution >= 4 is 27.3 Å². The van der Waals surface area contributed by atoms with Crippen LogP contribution in [0.3, 0.4) is 0 Å². The van der Waals surface area contributed by atoms with Gasteiger partial charge in [-0.3, -0.25) is 0 Å². The molecule has 0 aliphatic rings. The van der Waals surface area contributed by atoms with Crippen molar-refractivity contribution in [3.8, 4) is 0 Å². The first-order valence-electron chi connectivity index (χ1n) is 6.36. The molecule has 0 aliphatic heterocycles. The average Bonchev–Trinajstić information content (AvgIpc) is 2.85. The zero-order valence-corrected chi connectivity index (χ0v) is 13.4. The van der Waals surface area contributed by atoms with Gasteiger partial charge in [-0.2, -0.15) is 0 Å². The van der Waals surface area contributed by atoms with Crippen LogP contribution in [0.4, 0.5) is 0 Å². The number of rotatable bonds is 8. The highest BCUT2D eigenvalue weighted by molar-refractivity contribution is 7.91. The maximum atomic E-state index is 12.1. The van der Waals surface area contributed by atoms with Gasteiger partial charge < -0.3 is 10.0 Å². The summed E-state index contributed by atoms with van der Waals surface area (Å²) in [5, 5.41) is 10.1. The molecule has 20 heavy (non-hydrogen) atoms. The van der Waals surface area contributed by atoms with E-state index in [0.29, 0.717) is 6.54 Å². The second-order valence-corrected chi connectivity index (χ2v) is 7.32. The van der Waals surface area contributed by atoms with Crippen LogP contribution < -0.4 is 4.72 Å². The number of carbonyl (C=O) groups is 1. The smallest absolute Gasteiger partial charge is 0.336 e. The van der Waals surface area contributed by atoms with Crippen LogP contribution in [0.15, 0.2) is 15.7 Å². The molecule has 1 aromatic rings. The summed E-state index contributed by atoms with van der Waals surface area (Å²) in [4.78, 5) is 12.9. The molecule has 0 saturated carbocycles. The Kier molecular flexibility index (Phi) is 6.12. The Balaban J connectivity index is 2.76. The van der Waals surface area contributed by atoms with E-state index in [4.69, 9.17) is 5.11 Å². The van der Waals surface area contributed by atoms with E-state index in [0.717, 1.165) is 24.4 Å². The first kappa shape index (κ1) is 17.1. The molecule has 0 amide bonds. The minimum atomic E-state index is -3.66. The highest BCUT2D eigenvalue weighted by Gasteiger charge is 2.21. The fourth-order valence-electron chi connectivity index (χ4n) is 1.80. The molecule has 0 aliphatic carbocycles. The van der Waals surface area contributed by atoms with E-state index in [2.05, 4.69) is 9.62 Å². The third-order valence-electron chi connectivity index (χ3n) is 2.87. The van der Waals surface area contributed by atoms with Crippen LogP contribution in [-0.4, -0.2) is 50.1 Å². The van der Waals surface area contributed by atoms with Crippen molar-refractivity contribution in [3.63, 3.8) is 0 Å². The van der Waals surface area contributed by atoms with Gasteiger partial charge in [-0.05, 0) is 26.1 Å². The van der Waals surface area contributed by atoms with Gasteiger partial charge in [0.2, 0.25) is 10.0 Å². The summed E-state index contributed by atoms with van der Waals surface area (Å²) >= 11 is 0.912. The van der Waals surface area contributed by atoms with E-state index in [1.165, 1.54) is 11.4 Å². The van der Waals surface area contributed by atoms with Gasteiger partial charge in [-0.25, -0.2) is 17.9 Å². The Morgan fingerprint density at radius 3 is 2.50 bits per heavy atom. The Bertz CT molecular complexity index is 550. The van der Waals surface area contributed by atoms with Crippen LogP contribution in [0.25, 0.3) is 0 Å². The van der Waals surface area contributed by atoms with E-state index < -0.39 is 16.0 Å². The van der Waals surface area contributed by atoms with E-state index in [1.54, 1.807) is 6.92 Å². The normalized spacial score (nSPS) is 13.6. The molecule has 0 saturated heterocycles. The minimum absolute atomic E-state index is 0.00762. The van der Waals surface area contributed by atoms with Crippen molar-refractivity contribution in [2.45, 2.75) is 31.0 Å². The Hall–Kier alpha value is -0.960. The van der Waals surface area contributed by atoms with Gasteiger partial charge in [0.1, 0.15) is 4.21 Å². The predicted molar refractivity (Wildman–Crippen MR) is 78.8 cm³/mol. The third kappa shape index (κ3) is 4.55. The van der Waals surface area contributed by atoms with Crippen LogP contribution in [0.5, 0.6) is 0 Å². The van der Waals surface area contributed by atoms with E-state index in [-0.39, 0.29) is 15.8 Å². The first-order chi connectivity index (χ1) is 9.30. The standard InChI is InChI=1S/C12H20N2O4S2/c1-4-14(5-2)7-9(3)13-20(17,18)11-6-10(8-19-11)12(15)16/h6,8-9,13H,4-5,7H2,1-3H3,(H,15,16). The largest absolute Gasteiger partial charge is 0.478 e. The van der Waals surface area contributed by atoms with Crippen LogP contribution in [-0.2, 0) is 10.0 Å². The van der Waals surface area contributed by atoms with E-state index in [9.17, 15) is 13.2 Å². The monoisotopic (exact) mass is 320 g/mol. The number of nitrogens with zero attached hydrogens (tertiary/aromatic N) is 1. The number of carboxylic acids is 1. The van der Waals surface area contributed by atoms with E-state index in [1.807, 2.05) is 13.8 Å². The molecule has 0 bridgehead atoms. The summed E-state index contributed by atoms with van der Waals surface area (Å²) < 4.78 is 26.8. The summed E-state index contributed by atoms with van der Waals surface area (Å²) in [6.45, 7) is 8.15. The Morgan fingerprint density at radius 2 is 2.05 bits per heavy atom. The maximum absolute atomic E-state index is 12.1. The molecule has 114 valence electrons. The molecule has 1 heterocycles. The molecule has 1 aromatic heterocycles. The molecule has 1 rings (SSSR count). The summed E-state index contributed by atoms with van der Waals surface area (Å²) in [5.74, 6) is -1.13. The Morgan fingerprint density at radius 1 is 1.45 bits per heavy atom. The molecular formula is C12H20N2O4S2. The summed E-state index contributed by atoms with van der Waals surface area (Å²) in [6, 6.07) is 0.940. The fraction of sp³-hybridized carbons (Fsp3) is 0.583. The molecule has 0 radical (unpaired) electrons. The third-order valence-corrected chi connectivity index (χ3v) is 5.90. The van der Waals surface area contributed by atoms with Crippen molar-refractivity contribution in [2.75, 3.05) is 19.6 Å². The maximum Gasteiger partial charge on any atom is 0.336 e. The van der Waals surface area contributed by atoms with Crippen molar-refractivity contribution in [2.24, 2.45) is 0 Å². The summed E-state index contributed by atoms with van der Waals surface area (Å²) in [6.07, 6.45) is 0. The summed E-state index contributed by atoms with van der Waals surface area (Å²) in [5.41, 5.74) is -0.00762. The molecular weight excluding hydrogens is 300 g/mol. The van der Waals surface area contributed by atoms with Crippen molar-refractivity contribution < 1.29 is 18.3 Å². The van der Waals surface area contributed by atoms with Crippen molar-refractivity contribution in [3.05, 3.63) is 17.0 Å². The number of sulfonamides is 1. The number of hydrogen-bond donors (Lipinski definition) is 2. The van der Waals surface area contributed by atoms with Crippen LogP contribution in [0.1, 0.15) is 31.1 Å². The lowest BCUT2D eigenvalue weighted by atomic mass is 10.3. The second kappa shape index (κ2) is 7.16. The van der Waals surface area contributed by atoms with Crippen LogP contribution in [0.2, 0.25) is 0 Å². The Labute approximate surface area is 123 Å². The summed E-state index contributed by atoms with van der Waals surface area (Å²) in [7, 11) is -3.66. The average molecular weight is 320 g/mol. The molecule has 0 fully saturated rings. The van der Waals surface area contributed by atoms with Gasteiger partial charge in [0.05, 0.1) is 5.56 Å². The lowest BCUT2D eigenvalue weighted by Crippen LogP contribution is -2.41. The second-order valence-electron chi connectivity index (χ2n) is 4.47. The predicted octanol–water partition coefficient (Wildman–Crippen LogP) is 1.45. The van der Waals surface area contributed by atoms with Crippen molar-refractivity contribution in [1.29, 1.82) is 0 Å². The highest BCUT2D eigenvalue weighted by Crippen LogP contribution is 2.20. The number of likely N-dealkylation sites (N-methyl/N-ethyl adjacent to an activating group) is 1. The van der Waals surface area contributed by atoms with Crippen LogP contribution >= 0.6 is 11.3 Å². The SMILES string of the molecule is CCN(CC)CC(C)NS(=O)(=O)c1cc(C(=O)O)cs1. The number of thiophene rings is 1. The van der Waals surface area contributed by atoms with Crippen LogP contribution in [0, 0.1) is 0 Å². The van der Waals surface area contributed by atoms with Gasteiger partial charge in [0, 0.05) is 18.0 Å². The quantitative estimate of drug-likeness (QED) is 0.757. The number of nitrogens with one attached hydrogen (secondary N) is 1. The molecule has 1 atom stereocenters. The molecule has 8 heteroatoms. The molecule has 0 spiro atoms. The number of aromatic carboxylic acids is 1. The molecule has 2 N–H and O–H groups in total. The molecule has 0 aromatic carbocycles. The zero-order chi connectivity index (χ0) is 15.3.